The molecule has 0 unspecified atom stereocenters. The van der Waals surface area contributed by atoms with Crippen molar-refractivity contribution in [2.75, 3.05) is 13.7 Å². The van der Waals surface area contributed by atoms with E-state index < -0.39 is 11.8 Å². The molecule has 0 bridgehead atoms. The van der Waals surface area contributed by atoms with Crippen LogP contribution < -0.4 is 14.8 Å². The van der Waals surface area contributed by atoms with Crippen molar-refractivity contribution in [1.29, 1.82) is 0 Å². The fourth-order valence-electron chi connectivity index (χ4n) is 1.31. The summed E-state index contributed by atoms with van der Waals surface area (Å²) in [7, 11) is 1.52. The second-order valence-corrected chi connectivity index (χ2v) is 3.03. The molecule has 15 heavy (non-hydrogen) atoms. The minimum atomic E-state index is -0.449. The minimum absolute atomic E-state index is 0.161. The number of amides is 2. The van der Waals surface area contributed by atoms with E-state index in [-0.39, 0.29) is 6.61 Å². The number of rotatable bonds is 1. The van der Waals surface area contributed by atoms with Gasteiger partial charge in [0.05, 0.1) is 12.7 Å². The topological polar surface area (TPSA) is 64.6 Å². The lowest BCUT2D eigenvalue weighted by Gasteiger charge is -2.06. The number of nitrogens with one attached hydrogen (secondary N) is 1. The second kappa shape index (κ2) is 3.61. The van der Waals surface area contributed by atoms with Crippen molar-refractivity contribution in [3.05, 3.63) is 23.8 Å². The summed E-state index contributed by atoms with van der Waals surface area (Å²) >= 11 is 0. The molecule has 1 aliphatic heterocycles. The first-order valence-corrected chi connectivity index (χ1v) is 4.36. The Morgan fingerprint density at radius 3 is 2.93 bits per heavy atom. The summed E-state index contributed by atoms with van der Waals surface area (Å²) in [6.07, 6.45) is 0. The van der Waals surface area contributed by atoms with Gasteiger partial charge < -0.3 is 9.47 Å². The Bertz CT molecular complexity index is 427. The van der Waals surface area contributed by atoms with Crippen LogP contribution in [0.3, 0.4) is 0 Å². The number of imide groups is 1. The Kier molecular flexibility index (Phi) is 2.29. The molecule has 2 amide bonds. The third-order valence-electron chi connectivity index (χ3n) is 2.05. The predicted octanol–water partition coefficient (Wildman–Crippen LogP) is 0.344. The zero-order chi connectivity index (χ0) is 10.8. The average Bonchev–Trinajstić information content (AvgIpc) is 2.38. The van der Waals surface area contributed by atoms with Gasteiger partial charge in [0.15, 0.2) is 6.61 Å². The lowest BCUT2D eigenvalue weighted by molar-refractivity contribution is -0.121. The number of methoxy groups -OCH3 is 1. The molecule has 0 spiro atoms. The van der Waals surface area contributed by atoms with Crippen LogP contribution in [0.1, 0.15) is 10.4 Å². The summed E-state index contributed by atoms with van der Waals surface area (Å²) in [6, 6.07) is 4.77. The standard InChI is InChI=1S/C10H9NO4/c1-14-6-2-3-7-8(4-6)15-5-9(12)11-10(7)13/h2-4H,5H2,1H3,(H,11,12,13). The first-order chi connectivity index (χ1) is 7.20. The van der Waals surface area contributed by atoms with Gasteiger partial charge in [0.2, 0.25) is 0 Å². The summed E-state index contributed by atoms with van der Waals surface area (Å²) in [4.78, 5) is 22.5. The highest BCUT2D eigenvalue weighted by molar-refractivity contribution is 6.07. The number of benzene rings is 1. The molecule has 1 aromatic carbocycles. The molecule has 1 N–H and O–H groups in total. The fourth-order valence-corrected chi connectivity index (χ4v) is 1.31. The summed E-state index contributed by atoms with van der Waals surface area (Å²) in [5.41, 5.74) is 0.335. The van der Waals surface area contributed by atoms with E-state index in [2.05, 4.69) is 5.32 Å². The van der Waals surface area contributed by atoms with Gasteiger partial charge in [-0.15, -0.1) is 0 Å². The van der Waals surface area contributed by atoms with Crippen molar-refractivity contribution < 1.29 is 19.1 Å². The highest BCUT2D eigenvalue weighted by atomic mass is 16.5. The van der Waals surface area contributed by atoms with Crippen LogP contribution in [-0.4, -0.2) is 25.5 Å². The van der Waals surface area contributed by atoms with Gasteiger partial charge >= 0.3 is 0 Å². The normalized spacial score (nSPS) is 14.7. The SMILES string of the molecule is COc1ccc2c(c1)OCC(=O)NC2=O. The van der Waals surface area contributed by atoms with Crippen LogP contribution in [-0.2, 0) is 4.79 Å². The van der Waals surface area contributed by atoms with E-state index in [1.165, 1.54) is 7.11 Å². The van der Waals surface area contributed by atoms with Gasteiger partial charge in [-0.2, -0.15) is 0 Å². The fraction of sp³-hybridized carbons (Fsp3) is 0.200. The third kappa shape index (κ3) is 1.76. The second-order valence-electron chi connectivity index (χ2n) is 3.03. The number of hydrogen-bond donors (Lipinski definition) is 1. The highest BCUT2D eigenvalue weighted by Crippen LogP contribution is 2.25. The molecule has 0 aromatic heterocycles. The Morgan fingerprint density at radius 1 is 1.40 bits per heavy atom. The molecule has 0 saturated carbocycles. The molecule has 78 valence electrons. The maximum Gasteiger partial charge on any atom is 0.264 e. The first kappa shape index (κ1) is 9.51. The molecule has 0 fully saturated rings. The maximum atomic E-state index is 11.5. The smallest absolute Gasteiger partial charge is 0.264 e. The Hall–Kier alpha value is -2.04. The molecule has 1 aromatic rings. The number of hydrogen-bond acceptors (Lipinski definition) is 4. The molecular weight excluding hydrogens is 198 g/mol. The maximum absolute atomic E-state index is 11.5. The zero-order valence-electron chi connectivity index (χ0n) is 8.07. The Labute approximate surface area is 86.0 Å². The van der Waals surface area contributed by atoms with Crippen LogP contribution in [0.4, 0.5) is 0 Å². The van der Waals surface area contributed by atoms with E-state index in [4.69, 9.17) is 9.47 Å². The predicted molar refractivity (Wildman–Crippen MR) is 51.0 cm³/mol. The molecule has 0 aliphatic carbocycles. The van der Waals surface area contributed by atoms with Gasteiger partial charge in [0, 0.05) is 6.07 Å². The lowest BCUT2D eigenvalue weighted by Crippen LogP contribution is -2.31. The zero-order valence-corrected chi connectivity index (χ0v) is 8.07. The van der Waals surface area contributed by atoms with Crippen molar-refractivity contribution in [3.63, 3.8) is 0 Å². The molecule has 0 atom stereocenters. The largest absolute Gasteiger partial charge is 0.497 e. The summed E-state index contributed by atoms with van der Waals surface area (Å²) in [5, 5.41) is 2.19. The van der Waals surface area contributed by atoms with Gasteiger partial charge in [-0.3, -0.25) is 14.9 Å². The summed E-state index contributed by atoms with van der Waals surface area (Å²) < 4.78 is 10.1. The highest BCUT2D eigenvalue weighted by Gasteiger charge is 2.20. The molecule has 5 nitrogen and oxygen atoms in total. The molecule has 1 aliphatic rings. The quantitative estimate of drug-likeness (QED) is 0.674. The van der Waals surface area contributed by atoms with Gasteiger partial charge in [0.25, 0.3) is 11.8 Å². The summed E-state index contributed by atoms with van der Waals surface area (Å²) in [6.45, 7) is -0.161. The first-order valence-electron chi connectivity index (χ1n) is 4.36. The van der Waals surface area contributed by atoms with Crippen molar-refractivity contribution in [3.8, 4) is 11.5 Å². The Morgan fingerprint density at radius 2 is 2.20 bits per heavy atom. The molecule has 0 saturated heterocycles. The molecule has 5 heteroatoms. The van der Waals surface area contributed by atoms with Crippen LogP contribution in [0.5, 0.6) is 11.5 Å². The van der Waals surface area contributed by atoms with E-state index in [1.807, 2.05) is 0 Å². The van der Waals surface area contributed by atoms with Crippen LogP contribution in [0.2, 0.25) is 0 Å². The van der Waals surface area contributed by atoms with E-state index in [9.17, 15) is 9.59 Å². The molecule has 0 radical (unpaired) electrons. The average molecular weight is 207 g/mol. The van der Waals surface area contributed by atoms with Crippen molar-refractivity contribution in [2.24, 2.45) is 0 Å². The lowest BCUT2D eigenvalue weighted by atomic mass is 10.2. The third-order valence-corrected chi connectivity index (χ3v) is 2.05. The van der Waals surface area contributed by atoms with Gasteiger partial charge in [-0.25, -0.2) is 0 Å². The van der Waals surface area contributed by atoms with Crippen LogP contribution in [0, 0.1) is 0 Å². The van der Waals surface area contributed by atoms with Crippen LogP contribution >= 0.6 is 0 Å². The number of fused-ring (bicyclic) bond motifs is 1. The van der Waals surface area contributed by atoms with E-state index in [0.717, 1.165) is 0 Å². The minimum Gasteiger partial charge on any atom is -0.497 e. The van der Waals surface area contributed by atoms with Gasteiger partial charge in [-0.1, -0.05) is 0 Å². The Balaban J connectivity index is 2.44. The number of carbonyl (C=O) groups is 2. The van der Waals surface area contributed by atoms with Crippen LogP contribution in [0.25, 0.3) is 0 Å². The van der Waals surface area contributed by atoms with Gasteiger partial charge in [-0.05, 0) is 12.1 Å². The van der Waals surface area contributed by atoms with Crippen molar-refractivity contribution in [1.82, 2.24) is 5.32 Å². The van der Waals surface area contributed by atoms with E-state index in [1.54, 1.807) is 18.2 Å². The van der Waals surface area contributed by atoms with Crippen molar-refractivity contribution in [2.45, 2.75) is 0 Å². The van der Waals surface area contributed by atoms with Crippen molar-refractivity contribution >= 4 is 11.8 Å². The molecular formula is C10H9NO4. The van der Waals surface area contributed by atoms with Gasteiger partial charge in [0.1, 0.15) is 11.5 Å². The number of ether oxygens (including phenoxy) is 2. The van der Waals surface area contributed by atoms with E-state index >= 15 is 0 Å². The molecule has 1 heterocycles. The molecule has 2 rings (SSSR count). The monoisotopic (exact) mass is 207 g/mol. The summed E-state index contributed by atoms with van der Waals surface area (Å²) in [5.74, 6) is 0.0407. The van der Waals surface area contributed by atoms with Crippen LogP contribution in [0.15, 0.2) is 18.2 Å². The van der Waals surface area contributed by atoms with E-state index in [0.29, 0.717) is 17.1 Å². The number of carbonyl (C=O) groups excluding carboxylic acids is 2.